The summed E-state index contributed by atoms with van der Waals surface area (Å²) in [7, 11) is 0. The maximum absolute atomic E-state index is 13.2. The van der Waals surface area contributed by atoms with Crippen LogP contribution in [0, 0.1) is 6.92 Å². The van der Waals surface area contributed by atoms with E-state index in [0.717, 1.165) is 40.4 Å². The molecule has 2 amide bonds. The van der Waals surface area contributed by atoms with Crippen molar-refractivity contribution < 1.29 is 9.59 Å². The molecule has 0 spiro atoms. The molecule has 1 saturated carbocycles. The Morgan fingerprint density at radius 3 is 2.69 bits per heavy atom. The zero-order valence-corrected chi connectivity index (χ0v) is 21.2. The number of hydrogen-bond donors (Lipinski definition) is 1. The van der Waals surface area contributed by atoms with E-state index in [0.29, 0.717) is 29.9 Å². The highest BCUT2D eigenvalue weighted by molar-refractivity contribution is 6.31. The number of fused-ring (bicyclic) bond motifs is 1. The first-order chi connectivity index (χ1) is 16.8. The van der Waals surface area contributed by atoms with Crippen molar-refractivity contribution in [3.05, 3.63) is 65.1 Å². The van der Waals surface area contributed by atoms with E-state index in [1.807, 2.05) is 24.5 Å². The molecule has 0 atom stereocenters. The van der Waals surface area contributed by atoms with Crippen molar-refractivity contribution in [1.82, 2.24) is 19.8 Å². The van der Waals surface area contributed by atoms with Gasteiger partial charge in [0.15, 0.2) is 0 Å². The summed E-state index contributed by atoms with van der Waals surface area (Å²) < 4.78 is 2.20. The SMILES string of the molecule is C=CC(=O)N1CC(NC(=O)Cn2c(C3CC3)c(-c3cnccc3C(C)C)c3cc(Cl)cc(C)c32)C1. The summed E-state index contributed by atoms with van der Waals surface area (Å²) in [5.74, 6) is 0.600. The van der Waals surface area contributed by atoms with Crippen LogP contribution in [0.25, 0.3) is 22.0 Å². The summed E-state index contributed by atoms with van der Waals surface area (Å²) in [4.78, 5) is 31.1. The van der Waals surface area contributed by atoms with E-state index in [2.05, 4.69) is 48.3 Å². The number of benzene rings is 1. The Labute approximate surface area is 211 Å². The molecule has 2 aliphatic rings. The van der Waals surface area contributed by atoms with Crippen LogP contribution in [-0.4, -0.2) is 45.4 Å². The molecule has 3 aromatic rings. The van der Waals surface area contributed by atoms with E-state index in [4.69, 9.17) is 11.6 Å². The Kier molecular flexibility index (Phi) is 6.18. The van der Waals surface area contributed by atoms with Gasteiger partial charge in [0.2, 0.25) is 11.8 Å². The fourth-order valence-electron chi connectivity index (χ4n) is 5.32. The summed E-state index contributed by atoms with van der Waals surface area (Å²) in [5, 5.41) is 4.87. The average Bonchev–Trinajstić information content (AvgIpc) is 3.58. The van der Waals surface area contributed by atoms with E-state index in [1.54, 1.807) is 4.90 Å². The second-order valence-corrected chi connectivity index (χ2v) is 10.5. The number of amides is 2. The highest BCUT2D eigenvalue weighted by Crippen LogP contribution is 2.50. The number of nitrogens with zero attached hydrogens (tertiary/aromatic N) is 3. The zero-order valence-electron chi connectivity index (χ0n) is 20.5. The molecule has 1 N–H and O–H groups in total. The van der Waals surface area contributed by atoms with Crippen LogP contribution in [0.4, 0.5) is 0 Å². The average molecular weight is 491 g/mol. The summed E-state index contributed by atoms with van der Waals surface area (Å²) in [5.41, 5.74) is 6.82. The van der Waals surface area contributed by atoms with Crippen LogP contribution in [0.5, 0.6) is 0 Å². The van der Waals surface area contributed by atoms with E-state index in [-0.39, 0.29) is 24.4 Å². The van der Waals surface area contributed by atoms with Crippen molar-refractivity contribution in [2.24, 2.45) is 0 Å². The number of pyridine rings is 1. The molecule has 5 rings (SSSR count). The Morgan fingerprint density at radius 2 is 2.03 bits per heavy atom. The summed E-state index contributed by atoms with van der Waals surface area (Å²) in [6.07, 6.45) is 7.33. The lowest BCUT2D eigenvalue weighted by Gasteiger charge is -2.39. The highest BCUT2D eigenvalue weighted by Gasteiger charge is 2.35. The lowest BCUT2D eigenvalue weighted by molar-refractivity contribution is -0.133. The summed E-state index contributed by atoms with van der Waals surface area (Å²) in [6, 6.07) is 6.06. The van der Waals surface area contributed by atoms with E-state index in [1.165, 1.54) is 17.3 Å². The number of halogens is 1. The van der Waals surface area contributed by atoms with Gasteiger partial charge in [0.25, 0.3) is 0 Å². The predicted octanol–water partition coefficient (Wildman–Crippen LogP) is 5.18. The van der Waals surface area contributed by atoms with Crippen LogP contribution in [0.2, 0.25) is 5.02 Å². The maximum Gasteiger partial charge on any atom is 0.246 e. The number of likely N-dealkylation sites (tertiary alicyclic amines) is 1. The van der Waals surface area contributed by atoms with Crippen LogP contribution in [-0.2, 0) is 16.1 Å². The maximum atomic E-state index is 13.2. The molecule has 1 saturated heterocycles. The normalized spacial score (nSPS) is 16.0. The first kappa shape index (κ1) is 23.6. The number of aromatic nitrogens is 2. The predicted molar refractivity (Wildman–Crippen MR) is 140 cm³/mol. The van der Waals surface area contributed by atoms with Crippen LogP contribution >= 0.6 is 11.6 Å². The van der Waals surface area contributed by atoms with E-state index < -0.39 is 0 Å². The Balaban J connectivity index is 1.57. The Bertz CT molecular complexity index is 1330. The van der Waals surface area contributed by atoms with E-state index in [9.17, 15) is 9.59 Å². The van der Waals surface area contributed by atoms with Gasteiger partial charge in [-0.1, -0.05) is 32.0 Å². The molecule has 6 nitrogen and oxygen atoms in total. The standard InChI is InChI=1S/C28H31ClN4O2/c1-5-25(35)32-13-20(14-32)31-24(34)15-33-27-17(4)10-19(29)11-22(27)26(28(33)18-6-7-18)23-12-30-9-8-21(23)16(2)3/h5,8-12,16,18,20H,1,6-7,13-15H2,2-4H3,(H,31,34). The molecule has 1 aliphatic heterocycles. The molecule has 0 radical (unpaired) electrons. The van der Waals surface area contributed by atoms with Crippen molar-refractivity contribution in [2.45, 2.75) is 58.0 Å². The molecule has 0 unspecified atom stereocenters. The van der Waals surface area contributed by atoms with Gasteiger partial charge in [0.1, 0.15) is 6.54 Å². The summed E-state index contributed by atoms with van der Waals surface area (Å²) >= 11 is 6.55. The van der Waals surface area contributed by atoms with Crippen molar-refractivity contribution >= 4 is 34.3 Å². The van der Waals surface area contributed by atoms with Gasteiger partial charge in [0, 0.05) is 52.7 Å². The Hall–Kier alpha value is -3.12. The lowest BCUT2D eigenvalue weighted by Crippen LogP contribution is -2.61. The number of carbonyl (C=O) groups excluding carboxylic acids is 2. The molecule has 7 heteroatoms. The van der Waals surface area contributed by atoms with Gasteiger partial charge in [-0.3, -0.25) is 14.6 Å². The van der Waals surface area contributed by atoms with Gasteiger partial charge in [-0.25, -0.2) is 0 Å². The van der Waals surface area contributed by atoms with Crippen molar-refractivity contribution in [3.8, 4) is 11.1 Å². The third-order valence-electron chi connectivity index (χ3n) is 7.10. The molecule has 2 fully saturated rings. The van der Waals surface area contributed by atoms with Crippen LogP contribution in [0.3, 0.4) is 0 Å². The van der Waals surface area contributed by atoms with Crippen LogP contribution in [0.15, 0.2) is 43.2 Å². The smallest absolute Gasteiger partial charge is 0.246 e. The number of carbonyl (C=O) groups is 2. The molecule has 35 heavy (non-hydrogen) atoms. The highest BCUT2D eigenvalue weighted by atomic mass is 35.5. The lowest BCUT2D eigenvalue weighted by atomic mass is 9.91. The minimum absolute atomic E-state index is 0.0292. The minimum atomic E-state index is -0.0995. The van der Waals surface area contributed by atoms with Gasteiger partial charge in [0.05, 0.1) is 11.6 Å². The summed E-state index contributed by atoms with van der Waals surface area (Å²) in [6.45, 7) is 11.2. The van der Waals surface area contributed by atoms with Gasteiger partial charge in [-0.05, 0) is 67.0 Å². The number of hydrogen-bond acceptors (Lipinski definition) is 3. The monoisotopic (exact) mass is 490 g/mol. The second kappa shape index (κ2) is 9.15. The largest absolute Gasteiger partial charge is 0.348 e. The van der Waals surface area contributed by atoms with Gasteiger partial charge in [-0.15, -0.1) is 0 Å². The number of aryl methyl sites for hydroxylation is 1. The number of rotatable bonds is 7. The van der Waals surface area contributed by atoms with Crippen molar-refractivity contribution in [3.63, 3.8) is 0 Å². The van der Waals surface area contributed by atoms with Crippen molar-refractivity contribution in [1.29, 1.82) is 0 Å². The van der Waals surface area contributed by atoms with E-state index >= 15 is 0 Å². The molecular weight excluding hydrogens is 460 g/mol. The molecule has 3 heterocycles. The van der Waals surface area contributed by atoms with Gasteiger partial charge in [-0.2, -0.15) is 0 Å². The molecule has 0 bridgehead atoms. The fraction of sp³-hybridized carbons (Fsp3) is 0.393. The molecule has 1 aliphatic carbocycles. The van der Waals surface area contributed by atoms with Crippen LogP contribution < -0.4 is 5.32 Å². The van der Waals surface area contributed by atoms with Gasteiger partial charge < -0.3 is 14.8 Å². The first-order valence-electron chi connectivity index (χ1n) is 12.3. The van der Waals surface area contributed by atoms with Crippen LogP contribution in [0.1, 0.15) is 55.3 Å². The zero-order chi connectivity index (χ0) is 24.9. The second-order valence-electron chi connectivity index (χ2n) is 10.1. The first-order valence-corrected chi connectivity index (χ1v) is 12.6. The molecule has 2 aromatic heterocycles. The minimum Gasteiger partial charge on any atom is -0.348 e. The fourth-order valence-corrected chi connectivity index (χ4v) is 5.59. The quantitative estimate of drug-likeness (QED) is 0.464. The third kappa shape index (κ3) is 4.36. The molecular formula is C28H31ClN4O2. The Morgan fingerprint density at radius 1 is 1.29 bits per heavy atom. The number of nitrogens with one attached hydrogen (secondary N) is 1. The molecule has 182 valence electrons. The van der Waals surface area contributed by atoms with Gasteiger partial charge >= 0.3 is 0 Å². The third-order valence-corrected chi connectivity index (χ3v) is 7.31. The molecule has 1 aromatic carbocycles. The topological polar surface area (TPSA) is 67.2 Å². The van der Waals surface area contributed by atoms with Crippen molar-refractivity contribution in [2.75, 3.05) is 13.1 Å².